The number of carboxylic acid groups (broad SMARTS) is 1. The Kier molecular flexibility index (Phi) is 5.91. The summed E-state index contributed by atoms with van der Waals surface area (Å²) < 4.78 is 1.23. The number of rotatable bonds is 6. The summed E-state index contributed by atoms with van der Waals surface area (Å²) in [7, 11) is 2.03. The van der Waals surface area contributed by atoms with Gasteiger partial charge in [-0.25, -0.2) is 0 Å². The van der Waals surface area contributed by atoms with E-state index >= 15 is 0 Å². The molecule has 0 radical (unpaired) electrons. The van der Waals surface area contributed by atoms with Crippen molar-refractivity contribution in [1.29, 1.82) is 0 Å². The van der Waals surface area contributed by atoms with Crippen molar-refractivity contribution in [3.63, 3.8) is 0 Å². The molecule has 1 atom stereocenters. The molecule has 1 rings (SSSR count). The first-order valence-corrected chi connectivity index (χ1v) is 6.76. The van der Waals surface area contributed by atoms with Crippen LogP contribution in [0.25, 0.3) is 0 Å². The Labute approximate surface area is 116 Å². The molecule has 0 spiro atoms. The van der Waals surface area contributed by atoms with Crippen LogP contribution in [0.4, 0.5) is 0 Å². The predicted molar refractivity (Wildman–Crippen MR) is 77.1 cm³/mol. The maximum absolute atomic E-state index is 10.4. The minimum atomic E-state index is -0.722. The number of hydrogen-bond donors (Lipinski definition) is 1. The Morgan fingerprint density at radius 3 is 2.53 bits per heavy atom. The average molecular weight is 347 g/mol. The molecule has 0 aromatic heterocycles. The predicted octanol–water partition coefficient (Wildman–Crippen LogP) is 3.15. The van der Waals surface area contributed by atoms with Gasteiger partial charge < -0.3 is 5.11 Å². The Bertz CT molecular complexity index is 364. The van der Waals surface area contributed by atoms with Gasteiger partial charge in [-0.1, -0.05) is 12.1 Å². The van der Waals surface area contributed by atoms with Gasteiger partial charge in [0.2, 0.25) is 0 Å². The van der Waals surface area contributed by atoms with Crippen LogP contribution in [0.5, 0.6) is 0 Å². The highest BCUT2D eigenvalue weighted by molar-refractivity contribution is 14.1. The number of benzene rings is 1. The van der Waals surface area contributed by atoms with E-state index in [0.717, 1.165) is 6.54 Å². The van der Waals surface area contributed by atoms with Gasteiger partial charge in [0.25, 0.3) is 0 Å². The molecule has 0 aliphatic heterocycles. The highest BCUT2D eigenvalue weighted by Crippen LogP contribution is 2.19. The Morgan fingerprint density at radius 1 is 1.41 bits per heavy atom. The molecule has 1 N–H and O–H groups in total. The summed E-state index contributed by atoms with van der Waals surface area (Å²) >= 11 is 2.29. The quantitative estimate of drug-likeness (QED) is 0.804. The summed E-state index contributed by atoms with van der Waals surface area (Å²) in [5.41, 5.74) is 1.27. The zero-order chi connectivity index (χ0) is 12.8. The van der Waals surface area contributed by atoms with Crippen LogP contribution in [0.2, 0.25) is 0 Å². The molecular weight excluding hydrogens is 329 g/mol. The fourth-order valence-corrected chi connectivity index (χ4v) is 2.03. The van der Waals surface area contributed by atoms with E-state index in [2.05, 4.69) is 58.7 Å². The summed E-state index contributed by atoms with van der Waals surface area (Å²) in [5, 5.41) is 8.59. The number of carboxylic acids is 1. The number of carbonyl (C=O) groups is 1. The van der Waals surface area contributed by atoms with Gasteiger partial charge in [0.1, 0.15) is 0 Å². The largest absolute Gasteiger partial charge is 0.481 e. The van der Waals surface area contributed by atoms with Crippen molar-refractivity contribution in [2.24, 2.45) is 0 Å². The van der Waals surface area contributed by atoms with Crippen LogP contribution < -0.4 is 0 Å². The van der Waals surface area contributed by atoms with Crippen LogP contribution in [0.3, 0.4) is 0 Å². The summed E-state index contributed by atoms with van der Waals surface area (Å²) in [5.74, 6) is -0.722. The molecule has 1 aromatic carbocycles. The molecule has 0 saturated heterocycles. The van der Waals surface area contributed by atoms with E-state index in [4.69, 9.17) is 5.11 Å². The molecule has 17 heavy (non-hydrogen) atoms. The second-order valence-corrected chi connectivity index (χ2v) is 5.45. The number of nitrogens with zero attached hydrogens (tertiary/aromatic N) is 1. The van der Waals surface area contributed by atoms with E-state index in [0.29, 0.717) is 12.5 Å². The van der Waals surface area contributed by atoms with Gasteiger partial charge in [0.15, 0.2) is 0 Å². The molecule has 0 saturated carbocycles. The maximum atomic E-state index is 10.4. The van der Waals surface area contributed by atoms with Gasteiger partial charge in [-0.2, -0.15) is 0 Å². The molecule has 0 heterocycles. The fourth-order valence-electron chi connectivity index (χ4n) is 1.67. The lowest BCUT2D eigenvalue weighted by molar-refractivity contribution is -0.137. The third kappa shape index (κ3) is 5.04. The van der Waals surface area contributed by atoms with E-state index in [1.54, 1.807) is 0 Å². The van der Waals surface area contributed by atoms with Gasteiger partial charge in [-0.3, -0.25) is 9.69 Å². The molecule has 4 heteroatoms. The van der Waals surface area contributed by atoms with Crippen molar-refractivity contribution in [3.8, 4) is 0 Å². The van der Waals surface area contributed by atoms with E-state index < -0.39 is 5.97 Å². The minimum absolute atomic E-state index is 0.240. The van der Waals surface area contributed by atoms with E-state index in [1.165, 1.54) is 9.13 Å². The topological polar surface area (TPSA) is 40.5 Å². The SMILES string of the molecule is CC(c1ccc(I)cc1)N(C)CCCC(=O)O. The fraction of sp³-hybridized carbons (Fsp3) is 0.462. The summed E-state index contributed by atoms with van der Waals surface area (Å²) in [4.78, 5) is 12.6. The van der Waals surface area contributed by atoms with Crippen molar-refractivity contribution >= 4 is 28.6 Å². The summed E-state index contributed by atoms with van der Waals surface area (Å²) in [6.07, 6.45) is 0.935. The van der Waals surface area contributed by atoms with Gasteiger partial charge in [-0.05, 0) is 67.2 Å². The molecule has 94 valence electrons. The van der Waals surface area contributed by atoms with Gasteiger partial charge in [-0.15, -0.1) is 0 Å². The first-order valence-electron chi connectivity index (χ1n) is 5.68. The lowest BCUT2D eigenvalue weighted by Crippen LogP contribution is -2.24. The third-order valence-electron chi connectivity index (χ3n) is 2.92. The van der Waals surface area contributed by atoms with Crippen molar-refractivity contribution in [2.45, 2.75) is 25.8 Å². The molecule has 0 amide bonds. The molecule has 1 unspecified atom stereocenters. The Hall–Kier alpha value is -0.620. The van der Waals surface area contributed by atoms with Crippen molar-refractivity contribution in [3.05, 3.63) is 33.4 Å². The smallest absolute Gasteiger partial charge is 0.303 e. The first kappa shape index (κ1) is 14.4. The summed E-state index contributed by atoms with van der Waals surface area (Å²) in [6.45, 7) is 2.95. The standard InChI is InChI=1S/C13H18INO2/c1-10(11-5-7-12(14)8-6-11)15(2)9-3-4-13(16)17/h5-8,10H,3-4,9H2,1-2H3,(H,16,17). The highest BCUT2D eigenvalue weighted by Gasteiger charge is 2.11. The Morgan fingerprint density at radius 2 is 2.00 bits per heavy atom. The monoisotopic (exact) mass is 347 g/mol. The average Bonchev–Trinajstić information content (AvgIpc) is 2.28. The first-order chi connectivity index (χ1) is 8.00. The second kappa shape index (κ2) is 6.96. The molecule has 3 nitrogen and oxygen atoms in total. The van der Waals surface area contributed by atoms with E-state index in [9.17, 15) is 4.79 Å². The van der Waals surface area contributed by atoms with E-state index in [-0.39, 0.29) is 6.42 Å². The minimum Gasteiger partial charge on any atom is -0.481 e. The van der Waals surface area contributed by atoms with Crippen LogP contribution in [0, 0.1) is 3.57 Å². The molecule has 0 aliphatic carbocycles. The van der Waals surface area contributed by atoms with Crippen LogP contribution in [0.1, 0.15) is 31.4 Å². The molecule has 1 aromatic rings. The molecule has 0 bridgehead atoms. The van der Waals surface area contributed by atoms with Gasteiger partial charge in [0, 0.05) is 16.0 Å². The summed E-state index contributed by atoms with van der Waals surface area (Å²) in [6, 6.07) is 8.76. The van der Waals surface area contributed by atoms with Crippen molar-refractivity contribution < 1.29 is 9.90 Å². The second-order valence-electron chi connectivity index (χ2n) is 4.21. The molecule has 0 aliphatic rings. The van der Waals surface area contributed by atoms with Gasteiger partial charge >= 0.3 is 5.97 Å². The molecular formula is C13H18INO2. The van der Waals surface area contributed by atoms with Crippen LogP contribution in [-0.4, -0.2) is 29.6 Å². The maximum Gasteiger partial charge on any atom is 0.303 e. The Balaban J connectivity index is 2.48. The zero-order valence-electron chi connectivity index (χ0n) is 10.2. The van der Waals surface area contributed by atoms with Crippen molar-refractivity contribution in [2.75, 3.05) is 13.6 Å². The van der Waals surface area contributed by atoms with E-state index in [1.807, 2.05) is 7.05 Å². The van der Waals surface area contributed by atoms with Crippen molar-refractivity contribution in [1.82, 2.24) is 4.90 Å². The van der Waals surface area contributed by atoms with Crippen LogP contribution in [-0.2, 0) is 4.79 Å². The number of hydrogen-bond acceptors (Lipinski definition) is 2. The van der Waals surface area contributed by atoms with Crippen LogP contribution in [0.15, 0.2) is 24.3 Å². The zero-order valence-corrected chi connectivity index (χ0v) is 12.3. The normalized spacial score (nSPS) is 12.7. The van der Waals surface area contributed by atoms with Gasteiger partial charge in [0.05, 0.1) is 0 Å². The van der Waals surface area contributed by atoms with Crippen LogP contribution >= 0.6 is 22.6 Å². The molecule has 0 fully saturated rings. The third-order valence-corrected chi connectivity index (χ3v) is 3.63. The highest BCUT2D eigenvalue weighted by atomic mass is 127. The number of halogens is 1. The number of aliphatic carboxylic acids is 1. The lowest BCUT2D eigenvalue weighted by Gasteiger charge is -2.24. The lowest BCUT2D eigenvalue weighted by atomic mass is 10.1.